The summed E-state index contributed by atoms with van der Waals surface area (Å²) in [4.78, 5) is 27.0. The van der Waals surface area contributed by atoms with Gasteiger partial charge in [0.05, 0.1) is 17.3 Å². The highest BCUT2D eigenvalue weighted by Crippen LogP contribution is 2.26. The van der Waals surface area contributed by atoms with Gasteiger partial charge in [0.1, 0.15) is 6.04 Å². The SMILES string of the molecule is C[C@H]1C[C@H](NC(=O)c2cnn(C(C)(C)C)c2)C(=O)N1c1ccccc1. The van der Waals surface area contributed by atoms with E-state index in [4.69, 9.17) is 0 Å². The van der Waals surface area contributed by atoms with Gasteiger partial charge in [0.25, 0.3) is 5.91 Å². The van der Waals surface area contributed by atoms with Crippen molar-refractivity contribution in [2.75, 3.05) is 4.90 Å². The molecule has 1 N–H and O–H groups in total. The number of para-hydroxylation sites is 1. The molecule has 6 nitrogen and oxygen atoms in total. The lowest BCUT2D eigenvalue weighted by Crippen LogP contribution is -2.41. The molecule has 2 aromatic rings. The predicted octanol–water partition coefficient (Wildman–Crippen LogP) is 2.56. The van der Waals surface area contributed by atoms with Crippen LogP contribution < -0.4 is 10.2 Å². The third-order valence-corrected chi connectivity index (χ3v) is 4.42. The van der Waals surface area contributed by atoms with Crippen LogP contribution in [0.5, 0.6) is 0 Å². The zero-order valence-electron chi connectivity index (χ0n) is 15.1. The standard InChI is InChI=1S/C19H24N4O2/c1-13-10-16(18(25)23(13)15-8-6-5-7-9-15)21-17(24)14-11-20-22(12-14)19(2,3)4/h5-9,11-13,16H,10H2,1-4H3,(H,21,24)/t13-,16-/m0/s1. The van der Waals surface area contributed by atoms with Crippen LogP contribution in [-0.4, -0.2) is 33.7 Å². The maximum absolute atomic E-state index is 12.7. The van der Waals surface area contributed by atoms with Crippen molar-refractivity contribution in [3.63, 3.8) is 0 Å². The number of hydrogen-bond acceptors (Lipinski definition) is 3. The average Bonchev–Trinajstić information content (AvgIpc) is 3.14. The number of amides is 2. The van der Waals surface area contributed by atoms with Gasteiger partial charge >= 0.3 is 0 Å². The first-order valence-electron chi connectivity index (χ1n) is 8.51. The fraction of sp³-hybridized carbons (Fsp3) is 0.421. The van der Waals surface area contributed by atoms with Gasteiger partial charge < -0.3 is 10.2 Å². The summed E-state index contributed by atoms with van der Waals surface area (Å²) in [5.41, 5.74) is 1.13. The molecule has 1 aliphatic heterocycles. The average molecular weight is 340 g/mol. The third-order valence-electron chi connectivity index (χ3n) is 4.42. The molecule has 132 valence electrons. The summed E-state index contributed by atoms with van der Waals surface area (Å²) in [7, 11) is 0. The normalized spacial score (nSPS) is 20.8. The van der Waals surface area contributed by atoms with Crippen LogP contribution in [0.4, 0.5) is 5.69 Å². The van der Waals surface area contributed by atoms with Crippen LogP contribution in [0.1, 0.15) is 44.5 Å². The second-order valence-corrected chi connectivity index (χ2v) is 7.50. The highest BCUT2D eigenvalue weighted by molar-refractivity contribution is 6.04. The number of aromatic nitrogens is 2. The summed E-state index contributed by atoms with van der Waals surface area (Å²) in [6, 6.07) is 9.07. The van der Waals surface area contributed by atoms with E-state index in [0.717, 1.165) is 5.69 Å². The second-order valence-electron chi connectivity index (χ2n) is 7.50. The molecule has 1 aliphatic rings. The molecule has 0 aliphatic carbocycles. The van der Waals surface area contributed by atoms with E-state index in [9.17, 15) is 9.59 Å². The monoisotopic (exact) mass is 340 g/mol. The molecule has 0 spiro atoms. The number of hydrogen-bond donors (Lipinski definition) is 1. The van der Waals surface area contributed by atoms with Crippen LogP contribution in [0.3, 0.4) is 0 Å². The van der Waals surface area contributed by atoms with E-state index in [1.807, 2.05) is 58.0 Å². The summed E-state index contributed by atoms with van der Waals surface area (Å²) in [5.74, 6) is -0.341. The van der Waals surface area contributed by atoms with E-state index in [1.54, 1.807) is 22.0 Å². The van der Waals surface area contributed by atoms with Crippen LogP contribution in [-0.2, 0) is 10.3 Å². The first-order valence-corrected chi connectivity index (χ1v) is 8.51. The molecule has 3 rings (SSSR count). The fourth-order valence-corrected chi connectivity index (χ4v) is 3.07. The molecule has 0 unspecified atom stereocenters. The van der Waals surface area contributed by atoms with Crippen molar-refractivity contribution >= 4 is 17.5 Å². The Kier molecular flexibility index (Phi) is 4.37. The fourth-order valence-electron chi connectivity index (χ4n) is 3.07. The lowest BCUT2D eigenvalue weighted by molar-refractivity contribution is -0.118. The predicted molar refractivity (Wildman–Crippen MR) is 96.5 cm³/mol. The molecule has 1 saturated heterocycles. The largest absolute Gasteiger partial charge is 0.340 e. The molecule has 1 aromatic carbocycles. The summed E-state index contributed by atoms with van der Waals surface area (Å²) in [6.45, 7) is 8.04. The first kappa shape index (κ1) is 17.2. The Bertz CT molecular complexity index is 776. The molecule has 0 radical (unpaired) electrons. The Hall–Kier alpha value is -2.63. The number of nitrogens with zero attached hydrogens (tertiary/aromatic N) is 3. The Morgan fingerprint density at radius 1 is 1.24 bits per heavy atom. The molecular weight excluding hydrogens is 316 g/mol. The van der Waals surface area contributed by atoms with Gasteiger partial charge in [-0.15, -0.1) is 0 Å². The number of anilines is 1. The van der Waals surface area contributed by atoms with Gasteiger partial charge in [-0.05, 0) is 46.2 Å². The van der Waals surface area contributed by atoms with E-state index in [2.05, 4.69) is 10.4 Å². The quantitative estimate of drug-likeness (QED) is 0.934. The van der Waals surface area contributed by atoms with Crippen molar-refractivity contribution in [2.45, 2.75) is 51.7 Å². The minimum absolute atomic E-state index is 0.0394. The van der Waals surface area contributed by atoms with Crippen molar-refractivity contribution in [1.82, 2.24) is 15.1 Å². The van der Waals surface area contributed by atoms with Crippen LogP contribution in [0, 0.1) is 0 Å². The zero-order chi connectivity index (χ0) is 18.2. The third kappa shape index (κ3) is 3.43. The van der Waals surface area contributed by atoms with Crippen molar-refractivity contribution in [3.8, 4) is 0 Å². The van der Waals surface area contributed by atoms with Gasteiger partial charge in [-0.25, -0.2) is 0 Å². The lowest BCUT2D eigenvalue weighted by atomic mass is 10.1. The highest BCUT2D eigenvalue weighted by Gasteiger charge is 2.39. The number of nitrogens with one attached hydrogen (secondary N) is 1. The highest BCUT2D eigenvalue weighted by atomic mass is 16.2. The van der Waals surface area contributed by atoms with Crippen molar-refractivity contribution in [3.05, 3.63) is 48.3 Å². The van der Waals surface area contributed by atoms with Crippen molar-refractivity contribution in [1.29, 1.82) is 0 Å². The Morgan fingerprint density at radius 2 is 1.92 bits per heavy atom. The maximum atomic E-state index is 12.7. The number of carbonyl (C=O) groups is 2. The molecule has 6 heteroatoms. The van der Waals surface area contributed by atoms with Gasteiger partial charge in [-0.3, -0.25) is 14.3 Å². The number of carbonyl (C=O) groups excluding carboxylic acids is 2. The lowest BCUT2D eigenvalue weighted by Gasteiger charge is -2.21. The topological polar surface area (TPSA) is 67.2 Å². The minimum atomic E-state index is -0.513. The van der Waals surface area contributed by atoms with E-state index < -0.39 is 6.04 Å². The Labute approximate surface area is 147 Å². The van der Waals surface area contributed by atoms with Gasteiger partial charge in [0.15, 0.2) is 0 Å². The molecule has 2 atom stereocenters. The Morgan fingerprint density at radius 3 is 2.52 bits per heavy atom. The van der Waals surface area contributed by atoms with Gasteiger partial charge in [0.2, 0.25) is 5.91 Å². The van der Waals surface area contributed by atoms with Gasteiger partial charge in [-0.2, -0.15) is 5.10 Å². The van der Waals surface area contributed by atoms with Gasteiger partial charge in [0, 0.05) is 17.9 Å². The summed E-state index contributed by atoms with van der Waals surface area (Å²) < 4.78 is 1.75. The molecule has 2 amide bonds. The molecule has 1 aromatic heterocycles. The first-order chi connectivity index (χ1) is 11.8. The maximum Gasteiger partial charge on any atom is 0.255 e. The van der Waals surface area contributed by atoms with Gasteiger partial charge in [-0.1, -0.05) is 18.2 Å². The molecule has 25 heavy (non-hydrogen) atoms. The van der Waals surface area contributed by atoms with Crippen LogP contribution >= 0.6 is 0 Å². The second kappa shape index (κ2) is 6.35. The molecular formula is C19H24N4O2. The Balaban J connectivity index is 1.72. The minimum Gasteiger partial charge on any atom is -0.340 e. The summed E-state index contributed by atoms with van der Waals surface area (Å²) in [6.07, 6.45) is 3.85. The van der Waals surface area contributed by atoms with E-state index >= 15 is 0 Å². The molecule has 1 fully saturated rings. The van der Waals surface area contributed by atoms with E-state index in [-0.39, 0.29) is 23.4 Å². The van der Waals surface area contributed by atoms with E-state index in [0.29, 0.717) is 12.0 Å². The molecule has 0 saturated carbocycles. The number of benzene rings is 1. The smallest absolute Gasteiger partial charge is 0.255 e. The summed E-state index contributed by atoms with van der Waals surface area (Å²) >= 11 is 0. The molecule has 0 bridgehead atoms. The van der Waals surface area contributed by atoms with Crippen molar-refractivity contribution in [2.24, 2.45) is 0 Å². The van der Waals surface area contributed by atoms with E-state index in [1.165, 1.54) is 0 Å². The zero-order valence-corrected chi connectivity index (χ0v) is 15.1. The molecule has 2 heterocycles. The summed E-state index contributed by atoms with van der Waals surface area (Å²) in [5, 5.41) is 7.10. The number of rotatable bonds is 3. The van der Waals surface area contributed by atoms with Crippen LogP contribution in [0.15, 0.2) is 42.7 Å². The van der Waals surface area contributed by atoms with Crippen molar-refractivity contribution < 1.29 is 9.59 Å². The van der Waals surface area contributed by atoms with Crippen LogP contribution in [0.2, 0.25) is 0 Å². The van der Waals surface area contributed by atoms with Crippen LogP contribution in [0.25, 0.3) is 0 Å².